The van der Waals surface area contributed by atoms with Crippen molar-refractivity contribution in [2.45, 2.75) is 25.3 Å². The van der Waals surface area contributed by atoms with Crippen LogP contribution in [-0.2, 0) is 12.8 Å². The van der Waals surface area contributed by atoms with E-state index in [-0.39, 0.29) is 6.04 Å². The molecule has 0 amide bonds. The predicted octanol–water partition coefficient (Wildman–Crippen LogP) is 3.52. The van der Waals surface area contributed by atoms with E-state index in [1.54, 1.807) is 0 Å². The third kappa shape index (κ3) is 3.28. The summed E-state index contributed by atoms with van der Waals surface area (Å²) in [7, 11) is 0. The van der Waals surface area contributed by atoms with Crippen molar-refractivity contribution in [2.24, 2.45) is 5.84 Å². The van der Waals surface area contributed by atoms with Gasteiger partial charge in [0.25, 0.3) is 0 Å². The molecule has 2 aromatic rings. The van der Waals surface area contributed by atoms with Gasteiger partial charge in [-0.15, -0.1) is 0 Å². The van der Waals surface area contributed by atoms with Crippen molar-refractivity contribution in [2.75, 3.05) is 6.61 Å². The van der Waals surface area contributed by atoms with Gasteiger partial charge in [-0.3, -0.25) is 11.3 Å². The van der Waals surface area contributed by atoms with Gasteiger partial charge in [-0.05, 0) is 42.5 Å². The Labute approximate surface area is 133 Å². The van der Waals surface area contributed by atoms with E-state index < -0.39 is 0 Å². The van der Waals surface area contributed by atoms with Crippen LogP contribution in [0.4, 0.5) is 0 Å². The molecule has 4 heteroatoms. The Morgan fingerprint density at radius 3 is 2.90 bits per heavy atom. The second kappa shape index (κ2) is 6.60. The molecular formula is C17H19BrN2O. The summed E-state index contributed by atoms with van der Waals surface area (Å²) in [6.07, 6.45) is 3.00. The maximum Gasteiger partial charge on any atom is 0.127 e. The molecule has 0 spiro atoms. The average molecular weight is 347 g/mol. The summed E-state index contributed by atoms with van der Waals surface area (Å²) >= 11 is 3.51. The summed E-state index contributed by atoms with van der Waals surface area (Å²) in [5.41, 5.74) is 6.61. The van der Waals surface area contributed by atoms with Crippen LogP contribution in [0.1, 0.15) is 29.2 Å². The second-order valence-electron chi connectivity index (χ2n) is 5.34. The number of nitrogens with two attached hydrogens (primary N) is 1. The van der Waals surface area contributed by atoms with E-state index in [4.69, 9.17) is 10.6 Å². The molecule has 0 saturated carbocycles. The zero-order chi connectivity index (χ0) is 14.7. The summed E-state index contributed by atoms with van der Waals surface area (Å²) in [5, 5.41) is 0. The molecule has 3 N–H and O–H groups in total. The summed E-state index contributed by atoms with van der Waals surface area (Å²) in [4.78, 5) is 0. The van der Waals surface area contributed by atoms with Crippen molar-refractivity contribution >= 4 is 15.9 Å². The maximum atomic E-state index is 5.89. The molecule has 1 aliphatic heterocycles. The van der Waals surface area contributed by atoms with Gasteiger partial charge in [-0.25, -0.2) is 0 Å². The fourth-order valence-corrected chi connectivity index (χ4v) is 3.29. The van der Waals surface area contributed by atoms with Crippen LogP contribution >= 0.6 is 15.9 Å². The highest BCUT2D eigenvalue weighted by Crippen LogP contribution is 2.34. The number of hydrogen-bond donors (Lipinski definition) is 2. The van der Waals surface area contributed by atoms with Gasteiger partial charge in [-0.1, -0.05) is 46.3 Å². The largest absolute Gasteiger partial charge is 0.493 e. The van der Waals surface area contributed by atoms with Gasteiger partial charge in [0.2, 0.25) is 0 Å². The van der Waals surface area contributed by atoms with Crippen LogP contribution in [0, 0.1) is 0 Å². The number of nitrogens with one attached hydrogen (secondary N) is 1. The number of hydrogen-bond acceptors (Lipinski definition) is 3. The van der Waals surface area contributed by atoms with E-state index in [0.717, 1.165) is 41.7 Å². The van der Waals surface area contributed by atoms with Gasteiger partial charge in [0.15, 0.2) is 0 Å². The molecule has 0 aliphatic carbocycles. The predicted molar refractivity (Wildman–Crippen MR) is 88.2 cm³/mol. The number of hydrazine groups is 1. The van der Waals surface area contributed by atoms with Crippen LogP contribution < -0.4 is 16.0 Å². The Balaban J connectivity index is 1.90. The standard InChI is InChI=1S/C17H19BrN2O/c18-14-7-1-4-12(10-14)11-16(20-19)15-8-2-5-13-6-3-9-21-17(13)15/h1-2,4-5,7-8,10,16,20H,3,6,9,11,19H2. The number of benzene rings is 2. The lowest BCUT2D eigenvalue weighted by Crippen LogP contribution is -2.30. The Hall–Kier alpha value is -1.36. The highest BCUT2D eigenvalue weighted by Gasteiger charge is 2.20. The minimum atomic E-state index is 0.0485. The molecule has 1 atom stereocenters. The summed E-state index contributed by atoms with van der Waals surface area (Å²) in [6, 6.07) is 14.7. The molecule has 0 fully saturated rings. The van der Waals surface area contributed by atoms with Gasteiger partial charge >= 0.3 is 0 Å². The van der Waals surface area contributed by atoms with E-state index in [0.29, 0.717) is 0 Å². The smallest absolute Gasteiger partial charge is 0.127 e. The lowest BCUT2D eigenvalue weighted by atomic mass is 9.94. The number of fused-ring (bicyclic) bond motifs is 1. The second-order valence-corrected chi connectivity index (χ2v) is 6.26. The molecule has 0 bridgehead atoms. The summed E-state index contributed by atoms with van der Waals surface area (Å²) < 4.78 is 6.98. The van der Waals surface area contributed by atoms with Gasteiger partial charge in [-0.2, -0.15) is 0 Å². The van der Waals surface area contributed by atoms with Crippen LogP contribution in [0.15, 0.2) is 46.9 Å². The van der Waals surface area contributed by atoms with E-state index in [2.05, 4.69) is 51.7 Å². The monoisotopic (exact) mass is 346 g/mol. The highest BCUT2D eigenvalue weighted by atomic mass is 79.9. The molecule has 2 aromatic carbocycles. The Bertz CT molecular complexity index is 630. The van der Waals surface area contributed by atoms with E-state index >= 15 is 0 Å². The van der Waals surface area contributed by atoms with Gasteiger partial charge in [0, 0.05) is 10.0 Å². The number of aryl methyl sites for hydroxylation is 1. The molecule has 1 heterocycles. The molecule has 1 aliphatic rings. The third-order valence-corrected chi connectivity index (χ3v) is 4.36. The van der Waals surface area contributed by atoms with Gasteiger partial charge in [0.05, 0.1) is 12.6 Å². The van der Waals surface area contributed by atoms with Gasteiger partial charge in [0.1, 0.15) is 5.75 Å². The molecule has 0 saturated heterocycles. The number of ether oxygens (including phenoxy) is 1. The van der Waals surface area contributed by atoms with Crippen molar-refractivity contribution < 1.29 is 4.74 Å². The van der Waals surface area contributed by atoms with Gasteiger partial charge < -0.3 is 4.74 Å². The lowest BCUT2D eigenvalue weighted by molar-refractivity contribution is 0.281. The molecule has 110 valence electrons. The number of para-hydroxylation sites is 1. The van der Waals surface area contributed by atoms with Crippen LogP contribution in [0.3, 0.4) is 0 Å². The first-order chi connectivity index (χ1) is 10.3. The van der Waals surface area contributed by atoms with E-state index in [9.17, 15) is 0 Å². The first kappa shape index (κ1) is 14.6. The topological polar surface area (TPSA) is 47.3 Å². The Morgan fingerprint density at radius 2 is 2.10 bits per heavy atom. The first-order valence-corrected chi connectivity index (χ1v) is 8.02. The van der Waals surface area contributed by atoms with Crippen molar-refractivity contribution in [1.29, 1.82) is 0 Å². The normalized spacial score (nSPS) is 15.1. The summed E-state index contributed by atoms with van der Waals surface area (Å²) in [6.45, 7) is 0.790. The van der Waals surface area contributed by atoms with Crippen molar-refractivity contribution in [1.82, 2.24) is 5.43 Å². The minimum Gasteiger partial charge on any atom is -0.493 e. The molecule has 3 rings (SSSR count). The summed E-state index contributed by atoms with van der Waals surface area (Å²) in [5.74, 6) is 6.82. The minimum absolute atomic E-state index is 0.0485. The van der Waals surface area contributed by atoms with Crippen LogP contribution in [0.2, 0.25) is 0 Å². The Morgan fingerprint density at radius 1 is 1.24 bits per heavy atom. The van der Waals surface area contributed by atoms with E-state index in [1.165, 1.54) is 11.1 Å². The lowest BCUT2D eigenvalue weighted by Gasteiger charge is -2.25. The SMILES string of the molecule is NNC(Cc1cccc(Br)c1)c1cccc2c1OCCC2. The first-order valence-electron chi connectivity index (χ1n) is 7.23. The quantitative estimate of drug-likeness (QED) is 0.657. The maximum absolute atomic E-state index is 5.89. The molecule has 0 aromatic heterocycles. The van der Waals surface area contributed by atoms with Crippen LogP contribution in [0.5, 0.6) is 5.75 Å². The Kier molecular flexibility index (Phi) is 4.58. The molecule has 21 heavy (non-hydrogen) atoms. The fraction of sp³-hybridized carbons (Fsp3) is 0.294. The van der Waals surface area contributed by atoms with Crippen molar-refractivity contribution in [3.05, 3.63) is 63.6 Å². The average Bonchev–Trinajstić information content (AvgIpc) is 2.52. The molecule has 0 radical (unpaired) electrons. The zero-order valence-electron chi connectivity index (χ0n) is 11.8. The van der Waals surface area contributed by atoms with E-state index in [1.807, 2.05) is 12.1 Å². The molecule has 1 unspecified atom stereocenters. The number of rotatable bonds is 4. The van der Waals surface area contributed by atoms with Crippen LogP contribution in [-0.4, -0.2) is 6.61 Å². The molecule has 3 nitrogen and oxygen atoms in total. The third-order valence-electron chi connectivity index (χ3n) is 3.87. The molecular weight excluding hydrogens is 328 g/mol. The highest BCUT2D eigenvalue weighted by molar-refractivity contribution is 9.10. The fourth-order valence-electron chi connectivity index (χ4n) is 2.85. The zero-order valence-corrected chi connectivity index (χ0v) is 13.4. The van der Waals surface area contributed by atoms with Crippen molar-refractivity contribution in [3.63, 3.8) is 0 Å². The van der Waals surface area contributed by atoms with Crippen LogP contribution in [0.25, 0.3) is 0 Å². The van der Waals surface area contributed by atoms with Crippen molar-refractivity contribution in [3.8, 4) is 5.75 Å². The number of halogens is 1.